The Balaban J connectivity index is 1.50. The van der Waals surface area contributed by atoms with Gasteiger partial charge in [0.1, 0.15) is 0 Å². The summed E-state index contributed by atoms with van der Waals surface area (Å²) in [5.74, 6) is 0.161. The highest BCUT2D eigenvalue weighted by molar-refractivity contribution is 7.91. The van der Waals surface area contributed by atoms with E-state index in [0.29, 0.717) is 38.9 Å². The van der Waals surface area contributed by atoms with Crippen LogP contribution in [0.25, 0.3) is 11.1 Å². The molecule has 2 saturated heterocycles. The molecule has 1 aromatic heterocycles. The fourth-order valence-electron chi connectivity index (χ4n) is 4.23. The van der Waals surface area contributed by atoms with E-state index in [4.69, 9.17) is 4.74 Å². The van der Waals surface area contributed by atoms with Crippen molar-refractivity contribution in [2.45, 2.75) is 31.7 Å². The molecule has 1 unspecified atom stereocenters. The molecule has 2 aliphatic rings. The molecule has 0 radical (unpaired) electrons. The Morgan fingerprint density at radius 3 is 2.52 bits per heavy atom. The molecule has 1 amide bonds. The van der Waals surface area contributed by atoms with Crippen LogP contribution in [0.15, 0.2) is 48.8 Å². The molecule has 4 rings (SSSR count). The molecular weight excluding hydrogens is 388 g/mol. The number of amides is 1. The minimum absolute atomic E-state index is 0.0424. The van der Waals surface area contributed by atoms with E-state index >= 15 is 0 Å². The van der Waals surface area contributed by atoms with Crippen molar-refractivity contribution in [2.24, 2.45) is 5.41 Å². The molecule has 29 heavy (non-hydrogen) atoms. The van der Waals surface area contributed by atoms with Crippen molar-refractivity contribution in [3.05, 3.63) is 54.4 Å². The molecule has 1 atom stereocenters. The van der Waals surface area contributed by atoms with Crippen LogP contribution >= 0.6 is 0 Å². The van der Waals surface area contributed by atoms with Crippen molar-refractivity contribution in [3.63, 3.8) is 0 Å². The summed E-state index contributed by atoms with van der Waals surface area (Å²) in [6.07, 6.45) is 5.99. The molecule has 3 heterocycles. The van der Waals surface area contributed by atoms with E-state index < -0.39 is 15.3 Å². The lowest BCUT2D eigenvalue weighted by molar-refractivity contribution is -0.137. The van der Waals surface area contributed by atoms with Crippen LogP contribution in [-0.4, -0.2) is 50.1 Å². The Morgan fingerprint density at radius 2 is 1.90 bits per heavy atom. The van der Waals surface area contributed by atoms with E-state index in [0.717, 1.165) is 16.7 Å². The zero-order valence-electron chi connectivity index (χ0n) is 16.3. The lowest BCUT2D eigenvalue weighted by atomic mass is 9.74. The van der Waals surface area contributed by atoms with Gasteiger partial charge in [0.05, 0.1) is 16.9 Å². The summed E-state index contributed by atoms with van der Waals surface area (Å²) in [5.41, 5.74) is 2.68. The maximum atomic E-state index is 13.2. The Bertz CT molecular complexity index is 952. The van der Waals surface area contributed by atoms with Crippen molar-refractivity contribution in [3.8, 4) is 11.1 Å². The number of rotatable bonds is 5. The first-order valence-electron chi connectivity index (χ1n) is 10.0. The molecule has 0 spiro atoms. The van der Waals surface area contributed by atoms with E-state index in [2.05, 4.69) is 34.6 Å². The number of nitrogens with one attached hydrogen (secondary N) is 1. The molecule has 0 saturated carbocycles. The van der Waals surface area contributed by atoms with E-state index in [1.165, 1.54) is 0 Å². The molecule has 154 valence electrons. The van der Waals surface area contributed by atoms with Crippen molar-refractivity contribution >= 4 is 15.7 Å². The van der Waals surface area contributed by atoms with Crippen LogP contribution in [0.3, 0.4) is 0 Å². The highest BCUT2D eigenvalue weighted by atomic mass is 32.2. The van der Waals surface area contributed by atoms with Gasteiger partial charge in [-0.2, -0.15) is 0 Å². The predicted octanol–water partition coefficient (Wildman–Crippen LogP) is 2.39. The summed E-state index contributed by atoms with van der Waals surface area (Å²) in [5, 5.41) is 3.02. The van der Waals surface area contributed by atoms with Crippen LogP contribution in [0, 0.1) is 5.41 Å². The number of sulfone groups is 1. The smallest absolute Gasteiger partial charge is 0.226 e. The van der Waals surface area contributed by atoms with Crippen molar-refractivity contribution < 1.29 is 17.9 Å². The summed E-state index contributed by atoms with van der Waals surface area (Å²) < 4.78 is 29.0. The fraction of sp³-hybridized carbons (Fsp3) is 0.455. The van der Waals surface area contributed by atoms with Gasteiger partial charge in [0.2, 0.25) is 5.91 Å². The average molecular weight is 415 g/mol. The van der Waals surface area contributed by atoms with Crippen molar-refractivity contribution in [1.82, 2.24) is 10.3 Å². The van der Waals surface area contributed by atoms with E-state index in [1.54, 1.807) is 6.20 Å². The fourth-order valence-corrected chi connectivity index (χ4v) is 5.91. The summed E-state index contributed by atoms with van der Waals surface area (Å²) in [6.45, 7) is 1.09. The molecule has 0 bridgehead atoms. The first kappa shape index (κ1) is 20.0. The van der Waals surface area contributed by atoms with Crippen LogP contribution < -0.4 is 5.32 Å². The predicted molar refractivity (Wildman–Crippen MR) is 111 cm³/mol. The number of pyridine rings is 1. The van der Waals surface area contributed by atoms with E-state index in [9.17, 15) is 13.2 Å². The third kappa shape index (κ3) is 4.67. The Labute approximate surface area is 171 Å². The summed E-state index contributed by atoms with van der Waals surface area (Å²) in [6, 6.07) is 11.9. The number of hydrogen-bond acceptors (Lipinski definition) is 5. The number of benzene rings is 1. The van der Waals surface area contributed by atoms with Crippen LogP contribution in [0.2, 0.25) is 0 Å². The van der Waals surface area contributed by atoms with Crippen LogP contribution in [-0.2, 0) is 25.8 Å². The lowest BCUT2D eigenvalue weighted by Gasteiger charge is -2.36. The van der Waals surface area contributed by atoms with Crippen LogP contribution in [0.5, 0.6) is 0 Å². The summed E-state index contributed by atoms with van der Waals surface area (Å²) in [7, 11) is -3.03. The van der Waals surface area contributed by atoms with Gasteiger partial charge in [0.15, 0.2) is 9.84 Å². The molecule has 6 nitrogen and oxygen atoms in total. The normalized spacial score (nSPS) is 22.8. The second-order valence-electron chi connectivity index (χ2n) is 8.08. The van der Waals surface area contributed by atoms with Gasteiger partial charge >= 0.3 is 0 Å². The maximum Gasteiger partial charge on any atom is 0.226 e. The number of carbonyl (C=O) groups excluding carboxylic acids is 1. The van der Waals surface area contributed by atoms with Crippen LogP contribution in [0.4, 0.5) is 0 Å². The third-order valence-corrected chi connectivity index (χ3v) is 7.76. The molecular formula is C22H26N2O4S. The average Bonchev–Trinajstić information content (AvgIpc) is 3.08. The number of aromatic nitrogens is 1. The van der Waals surface area contributed by atoms with Crippen molar-refractivity contribution in [1.29, 1.82) is 0 Å². The molecule has 7 heteroatoms. The second kappa shape index (κ2) is 8.24. The van der Waals surface area contributed by atoms with Crippen LogP contribution in [0.1, 0.15) is 24.8 Å². The quantitative estimate of drug-likeness (QED) is 0.812. The molecule has 1 N–H and O–H groups in total. The number of hydrogen-bond donors (Lipinski definition) is 1. The van der Waals surface area contributed by atoms with Gasteiger partial charge in [0.25, 0.3) is 0 Å². The maximum absolute atomic E-state index is 13.2. The molecule has 2 aliphatic heterocycles. The largest absolute Gasteiger partial charge is 0.381 e. The molecule has 2 fully saturated rings. The lowest BCUT2D eigenvalue weighted by Crippen LogP contribution is -2.49. The first-order chi connectivity index (χ1) is 14.0. The van der Waals surface area contributed by atoms with Crippen molar-refractivity contribution in [2.75, 3.05) is 24.7 Å². The zero-order valence-corrected chi connectivity index (χ0v) is 17.2. The van der Waals surface area contributed by atoms with Gasteiger partial charge in [-0.15, -0.1) is 0 Å². The SMILES string of the molecule is O=C(NC1CCS(=O)(=O)C1)C1(Cc2ccc(-c3cccnc3)cc2)CCOCC1. The highest BCUT2D eigenvalue weighted by Gasteiger charge is 2.42. The highest BCUT2D eigenvalue weighted by Crippen LogP contribution is 2.35. The van der Waals surface area contributed by atoms with E-state index in [-0.39, 0.29) is 23.5 Å². The monoisotopic (exact) mass is 414 g/mol. The number of carbonyl (C=O) groups is 1. The molecule has 0 aliphatic carbocycles. The minimum atomic E-state index is -3.03. The summed E-state index contributed by atoms with van der Waals surface area (Å²) >= 11 is 0. The van der Waals surface area contributed by atoms with Gasteiger partial charge in [0, 0.05) is 31.6 Å². The number of nitrogens with zero attached hydrogens (tertiary/aromatic N) is 1. The van der Waals surface area contributed by atoms with Gasteiger partial charge in [-0.05, 0) is 48.4 Å². The van der Waals surface area contributed by atoms with Gasteiger partial charge < -0.3 is 10.1 Å². The van der Waals surface area contributed by atoms with Gasteiger partial charge in [-0.25, -0.2) is 8.42 Å². The third-order valence-electron chi connectivity index (χ3n) is 5.99. The molecule has 2 aromatic rings. The second-order valence-corrected chi connectivity index (χ2v) is 10.3. The Morgan fingerprint density at radius 1 is 1.14 bits per heavy atom. The van der Waals surface area contributed by atoms with Gasteiger partial charge in [-0.3, -0.25) is 9.78 Å². The topological polar surface area (TPSA) is 85.4 Å². The Hall–Kier alpha value is -2.25. The summed E-state index contributed by atoms with van der Waals surface area (Å²) in [4.78, 5) is 17.4. The standard InChI is InChI=1S/C22H26N2O4S/c25-21(24-20-7-13-29(26,27)16-20)22(8-11-28-12-9-22)14-17-3-5-18(6-4-17)19-2-1-10-23-15-19/h1-6,10,15,20H,7-9,11-14,16H2,(H,24,25). The van der Waals surface area contributed by atoms with E-state index in [1.807, 2.05) is 18.3 Å². The first-order valence-corrected chi connectivity index (χ1v) is 11.9. The molecule has 1 aromatic carbocycles. The van der Waals surface area contributed by atoms with Gasteiger partial charge in [-0.1, -0.05) is 30.3 Å². The zero-order chi connectivity index (χ0) is 20.3. The minimum Gasteiger partial charge on any atom is -0.381 e. The number of ether oxygens (including phenoxy) is 1. The Kier molecular flexibility index (Phi) is 5.69.